The minimum Gasteiger partial charge on any atom is -0.484 e. The van der Waals surface area contributed by atoms with Crippen LogP contribution in [0.2, 0.25) is 0 Å². The van der Waals surface area contributed by atoms with E-state index in [1.165, 1.54) is 5.57 Å². The lowest BCUT2D eigenvalue weighted by molar-refractivity contribution is 0.203. The summed E-state index contributed by atoms with van der Waals surface area (Å²) in [4.78, 5) is 0. The highest BCUT2D eigenvalue weighted by atomic mass is 16.5. The number of nitrogen functional groups attached to an aromatic ring is 1. The van der Waals surface area contributed by atoms with Crippen molar-refractivity contribution in [3.05, 3.63) is 35.9 Å². The number of ether oxygens (including phenoxy) is 1. The van der Waals surface area contributed by atoms with Crippen LogP contribution in [0.1, 0.15) is 25.7 Å². The topological polar surface area (TPSA) is 55.5 Å². The first kappa shape index (κ1) is 12.0. The van der Waals surface area contributed by atoms with Gasteiger partial charge in [-0.3, -0.25) is 0 Å². The number of aliphatic hydroxyl groups is 1. The first-order valence-corrected chi connectivity index (χ1v) is 6.12. The number of para-hydroxylation sites is 2. The summed E-state index contributed by atoms with van der Waals surface area (Å²) in [6, 6.07) is 7.55. The molecular formula is C14H19NO2. The molecule has 3 nitrogen and oxygen atoms in total. The van der Waals surface area contributed by atoms with Gasteiger partial charge in [0.2, 0.25) is 0 Å². The van der Waals surface area contributed by atoms with Gasteiger partial charge in [-0.2, -0.15) is 0 Å². The van der Waals surface area contributed by atoms with Gasteiger partial charge in [0.15, 0.2) is 0 Å². The average Bonchev–Trinajstić information content (AvgIpc) is 2.35. The summed E-state index contributed by atoms with van der Waals surface area (Å²) in [5.41, 5.74) is 7.73. The van der Waals surface area contributed by atoms with Crippen LogP contribution in [0.3, 0.4) is 0 Å². The van der Waals surface area contributed by atoms with Crippen molar-refractivity contribution in [3.8, 4) is 5.75 Å². The van der Waals surface area contributed by atoms with Crippen LogP contribution in [0, 0.1) is 0 Å². The monoisotopic (exact) mass is 233 g/mol. The van der Waals surface area contributed by atoms with Gasteiger partial charge in [0.25, 0.3) is 0 Å². The first-order chi connectivity index (χ1) is 8.31. The van der Waals surface area contributed by atoms with E-state index < -0.39 is 0 Å². The second-order valence-electron chi connectivity index (χ2n) is 4.33. The standard InChI is InChI=1S/C14H19NO2/c15-12-6-2-4-8-14(12)17-13-7-3-1-5-11(13)9-10-16/h2,4-6,8,13,16H,1,3,7,9-10,15H2. The highest BCUT2D eigenvalue weighted by Crippen LogP contribution is 2.28. The van der Waals surface area contributed by atoms with E-state index in [-0.39, 0.29) is 12.7 Å². The maximum Gasteiger partial charge on any atom is 0.143 e. The quantitative estimate of drug-likeness (QED) is 0.620. The largest absolute Gasteiger partial charge is 0.484 e. The van der Waals surface area contributed by atoms with E-state index in [0.717, 1.165) is 25.0 Å². The molecule has 0 aliphatic heterocycles. The Kier molecular flexibility index (Phi) is 4.04. The second kappa shape index (κ2) is 5.73. The van der Waals surface area contributed by atoms with Crippen molar-refractivity contribution >= 4 is 5.69 Å². The van der Waals surface area contributed by atoms with Crippen LogP contribution < -0.4 is 10.5 Å². The summed E-state index contributed by atoms with van der Waals surface area (Å²) in [5, 5.41) is 9.04. The number of nitrogens with two attached hydrogens (primary N) is 1. The number of hydrogen-bond acceptors (Lipinski definition) is 3. The van der Waals surface area contributed by atoms with Gasteiger partial charge in [0.05, 0.1) is 5.69 Å². The van der Waals surface area contributed by atoms with Crippen LogP contribution >= 0.6 is 0 Å². The molecule has 0 fully saturated rings. The van der Waals surface area contributed by atoms with E-state index in [0.29, 0.717) is 12.1 Å². The fourth-order valence-corrected chi connectivity index (χ4v) is 2.18. The third kappa shape index (κ3) is 3.01. The lowest BCUT2D eigenvalue weighted by atomic mass is 9.94. The number of allylic oxidation sites excluding steroid dienone is 1. The van der Waals surface area contributed by atoms with E-state index >= 15 is 0 Å². The van der Waals surface area contributed by atoms with Gasteiger partial charge in [-0.05, 0) is 43.4 Å². The number of benzene rings is 1. The van der Waals surface area contributed by atoms with Crippen LogP contribution in [-0.2, 0) is 0 Å². The van der Waals surface area contributed by atoms with Gasteiger partial charge in [0, 0.05) is 6.61 Å². The predicted molar refractivity (Wildman–Crippen MR) is 68.9 cm³/mol. The lowest BCUT2D eigenvalue weighted by Crippen LogP contribution is -2.23. The molecule has 1 unspecified atom stereocenters. The van der Waals surface area contributed by atoms with Crippen molar-refractivity contribution in [1.82, 2.24) is 0 Å². The third-order valence-electron chi connectivity index (χ3n) is 3.08. The number of hydrogen-bond donors (Lipinski definition) is 2. The second-order valence-corrected chi connectivity index (χ2v) is 4.33. The molecule has 0 bridgehead atoms. The molecule has 0 saturated heterocycles. The fourth-order valence-electron chi connectivity index (χ4n) is 2.18. The zero-order valence-electron chi connectivity index (χ0n) is 9.93. The van der Waals surface area contributed by atoms with Crippen LogP contribution in [0.5, 0.6) is 5.75 Å². The Bertz CT molecular complexity index is 401. The zero-order valence-corrected chi connectivity index (χ0v) is 9.93. The molecule has 1 aliphatic carbocycles. The Hall–Kier alpha value is -1.48. The zero-order chi connectivity index (χ0) is 12.1. The van der Waals surface area contributed by atoms with Crippen molar-refractivity contribution in [2.75, 3.05) is 12.3 Å². The van der Waals surface area contributed by atoms with Gasteiger partial charge >= 0.3 is 0 Å². The van der Waals surface area contributed by atoms with Crippen LogP contribution in [0.15, 0.2) is 35.9 Å². The van der Waals surface area contributed by atoms with Gasteiger partial charge in [0.1, 0.15) is 11.9 Å². The Morgan fingerprint density at radius 3 is 2.94 bits per heavy atom. The smallest absolute Gasteiger partial charge is 0.143 e. The summed E-state index contributed by atoms with van der Waals surface area (Å²) >= 11 is 0. The molecule has 1 aliphatic rings. The highest BCUT2D eigenvalue weighted by molar-refractivity contribution is 5.52. The van der Waals surface area contributed by atoms with E-state index in [2.05, 4.69) is 6.08 Å². The van der Waals surface area contributed by atoms with E-state index in [4.69, 9.17) is 15.6 Å². The average molecular weight is 233 g/mol. The molecule has 0 radical (unpaired) electrons. The van der Waals surface area contributed by atoms with Gasteiger partial charge in [-0.25, -0.2) is 0 Å². The van der Waals surface area contributed by atoms with Crippen molar-refractivity contribution in [3.63, 3.8) is 0 Å². The summed E-state index contributed by atoms with van der Waals surface area (Å²) in [6.07, 6.45) is 6.16. The SMILES string of the molecule is Nc1ccccc1OC1CCCC=C1CCO. The van der Waals surface area contributed by atoms with Crippen LogP contribution in [0.4, 0.5) is 5.69 Å². The predicted octanol–water partition coefficient (Wildman–Crippen LogP) is 2.51. The summed E-state index contributed by atoms with van der Waals surface area (Å²) < 4.78 is 5.95. The maximum absolute atomic E-state index is 9.04. The minimum atomic E-state index is 0.0700. The molecule has 17 heavy (non-hydrogen) atoms. The first-order valence-electron chi connectivity index (χ1n) is 6.12. The molecule has 3 heteroatoms. The highest BCUT2D eigenvalue weighted by Gasteiger charge is 2.19. The molecule has 0 amide bonds. The van der Waals surface area contributed by atoms with Crippen molar-refractivity contribution in [1.29, 1.82) is 0 Å². The molecule has 0 saturated carbocycles. The molecule has 0 heterocycles. The van der Waals surface area contributed by atoms with E-state index in [1.54, 1.807) is 0 Å². The van der Waals surface area contributed by atoms with E-state index in [9.17, 15) is 0 Å². The third-order valence-corrected chi connectivity index (χ3v) is 3.08. The van der Waals surface area contributed by atoms with Crippen molar-refractivity contribution in [2.24, 2.45) is 0 Å². The molecule has 3 N–H and O–H groups in total. The normalized spacial score (nSPS) is 19.8. The molecule has 2 rings (SSSR count). The molecule has 92 valence electrons. The molecule has 1 aromatic carbocycles. The summed E-state index contributed by atoms with van der Waals surface area (Å²) in [5.74, 6) is 0.739. The van der Waals surface area contributed by atoms with E-state index in [1.807, 2.05) is 24.3 Å². The minimum absolute atomic E-state index is 0.0700. The van der Waals surface area contributed by atoms with Crippen molar-refractivity contribution in [2.45, 2.75) is 31.8 Å². The Morgan fingerprint density at radius 2 is 2.18 bits per heavy atom. The maximum atomic E-state index is 9.04. The molecular weight excluding hydrogens is 214 g/mol. The number of aliphatic hydroxyl groups excluding tert-OH is 1. The van der Waals surface area contributed by atoms with Crippen molar-refractivity contribution < 1.29 is 9.84 Å². The molecule has 0 spiro atoms. The van der Waals surface area contributed by atoms with Crippen LogP contribution in [-0.4, -0.2) is 17.8 Å². The van der Waals surface area contributed by atoms with Gasteiger partial charge < -0.3 is 15.6 Å². The Balaban J connectivity index is 2.09. The van der Waals surface area contributed by atoms with Gasteiger partial charge in [-0.15, -0.1) is 0 Å². The fraction of sp³-hybridized carbons (Fsp3) is 0.429. The lowest BCUT2D eigenvalue weighted by Gasteiger charge is -2.25. The number of anilines is 1. The van der Waals surface area contributed by atoms with Crippen LogP contribution in [0.25, 0.3) is 0 Å². The molecule has 1 atom stereocenters. The summed E-state index contributed by atoms with van der Waals surface area (Å²) in [6.45, 7) is 0.177. The summed E-state index contributed by atoms with van der Waals surface area (Å²) in [7, 11) is 0. The Morgan fingerprint density at radius 1 is 1.35 bits per heavy atom. The van der Waals surface area contributed by atoms with Gasteiger partial charge in [-0.1, -0.05) is 18.2 Å². The number of rotatable bonds is 4. The molecule has 0 aromatic heterocycles. The molecule has 1 aromatic rings. The Labute approximate surface area is 102 Å².